The summed E-state index contributed by atoms with van der Waals surface area (Å²) in [5.41, 5.74) is 0.177. The van der Waals surface area contributed by atoms with Gasteiger partial charge in [0.15, 0.2) is 11.5 Å². The molecule has 1 aromatic carbocycles. The smallest absolute Gasteiger partial charge is 0.487 e. The van der Waals surface area contributed by atoms with Gasteiger partial charge in [-0.05, 0) is 61.3 Å². The lowest BCUT2D eigenvalue weighted by atomic mass is 9.89. The van der Waals surface area contributed by atoms with E-state index in [4.69, 9.17) is 14.0 Å². The van der Waals surface area contributed by atoms with Crippen molar-refractivity contribution in [1.29, 1.82) is 0 Å². The van der Waals surface area contributed by atoms with E-state index in [-0.39, 0.29) is 17.0 Å². The number of rotatable bonds is 3. The first-order chi connectivity index (χ1) is 9.66. The largest absolute Gasteiger partial charge is 0.503 e. The third kappa shape index (κ3) is 3.28. The molecular formula is C15H20BBrO4. The highest BCUT2D eigenvalue weighted by Crippen LogP contribution is 2.38. The Kier molecular flexibility index (Phi) is 4.43. The van der Waals surface area contributed by atoms with Crippen molar-refractivity contribution in [2.45, 2.75) is 38.9 Å². The first kappa shape index (κ1) is 16.4. The quantitative estimate of drug-likeness (QED) is 0.838. The van der Waals surface area contributed by atoms with Crippen LogP contribution in [0.25, 0.3) is 6.08 Å². The van der Waals surface area contributed by atoms with Crippen molar-refractivity contribution in [3.05, 3.63) is 28.1 Å². The van der Waals surface area contributed by atoms with Crippen molar-refractivity contribution in [3.8, 4) is 11.5 Å². The van der Waals surface area contributed by atoms with E-state index < -0.39 is 7.12 Å². The molecule has 0 radical (unpaired) electrons. The predicted octanol–water partition coefficient (Wildman–Crippen LogP) is 3.81. The maximum atomic E-state index is 9.79. The van der Waals surface area contributed by atoms with Crippen molar-refractivity contribution in [2.24, 2.45) is 0 Å². The Hall–Kier alpha value is -0.975. The summed E-state index contributed by atoms with van der Waals surface area (Å²) in [6.45, 7) is 8.06. The van der Waals surface area contributed by atoms with Crippen LogP contribution >= 0.6 is 15.9 Å². The number of phenols is 1. The van der Waals surface area contributed by atoms with Gasteiger partial charge < -0.3 is 19.2 Å². The summed E-state index contributed by atoms with van der Waals surface area (Å²) < 4.78 is 17.5. The Bertz CT molecular complexity index is 553. The molecule has 1 heterocycles. The highest BCUT2D eigenvalue weighted by atomic mass is 79.9. The van der Waals surface area contributed by atoms with E-state index >= 15 is 0 Å². The molecule has 0 unspecified atom stereocenters. The van der Waals surface area contributed by atoms with Crippen LogP contribution in [0.3, 0.4) is 0 Å². The zero-order chi connectivity index (χ0) is 15.8. The normalized spacial score (nSPS) is 20.2. The standard InChI is InChI=1S/C15H20BBrO4/c1-14(2)15(3,4)21-16(20-14)7-6-10-8-11(17)13(18)12(9-10)19-5/h6-9,18H,1-5H3/b7-6+. The third-order valence-electron chi connectivity index (χ3n) is 3.99. The zero-order valence-electron chi connectivity index (χ0n) is 12.9. The Morgan fingerprint density at radius 3 is 2.29 bits per heavy atom. The summed E-state index contributed by atoms with van der Waals surface area (Å²) in [5, 5.41) is 9.79. The summed E-state index contributed by atoms with van der Waals surface area (Å²) in [6.07, 6.45) is 1.88. The third-order valence-corrected chi connectivity index (χ3v) is 4.59. The molecule has 2 rings (SSSR count). The minimum absolute atomic E-state index is 0.0882. The van der Waals surface area contributed by atoms with Gasteiger partial charge in [0, 0.05) is 0 Å². The average Bonchev–Trinajstić information content (AvgIpc) is 2.59. The van der Waals surface area contributed by atoms with Crippen molar-refractivity contribution >= 4 is 29.1 Å². The molecule has 21 heavy (non-hydrogen) atoms. The summed E-state index contributed by atoms with van der Waals surface area (Å²) >= 11 is 3.30. The lowest BCUT2D eigenvalue weighted by Gasteiger charge is -2.32. The molecule has 114 valence electrons. The Morgan fingerprint density at radius 1 is 1.19 bits per heavy atom. The van der Waals surface area contributed by atoms with Crippen molar-refractivity contribution in [2.75, 3.05) is 7.11 Å². The SMILES string of the molecule is COc1cc(/C=C/B2OC(C)(C)C(C)(C)O2)cc(Br)c1O. The van der Waals surface area contributed by atoms with Crippen molar-refractivity contribution < 1.29 is 19.2 Å². The average molecular weight is 355 g/mol. The molecule has 0 bridgehead atoms. The first-order valence-corrected chi connectivity index (χ1v) is 7.56. The molecule has 0 aromatic heterocycles. The summed E-state index contributed by atoms with van der Waals surface area (Å²) in [4.78, 5) is 0. The predicted molar refractivity (Wildman–Crippen MR) is 87.5 cm³/mol. The number of phenolic OH excluding ortho intramolecular Hbond substituents is 1. The van der Waals surface area contributed by atoms with Crippen LogP contribution in [0.1, 0.15) is 33.3 Å². The molecule has 6 heteroatoms. The molecule has 1 aliphatic rings. The molecule has 1 N–H and O–H groups in total. The van der Waals surface area contributed by atoms with Gasteiger partial charge in [0.1, 0.15) is 0 Å². The molecule has 0 atom stereocenters. The molecule has 4 nitrogen and oxygen atoms in total. The molecule has 0 amide bonds. The number of aromatic hydroxyl groups is 1. The summed E-state index contributed by atoms with van der Waals surface area (Å²) in [6, 6.07) is 3.56. The van der Waals surface area contributed by atoms with E-state index in [1.54, 1.807) is 12.1 Å². The number of hydrogen-bond acceptors (Lipinski definition) is 4. The number of halogens is 1. The van der Waals surface area contributed by atoms with Gasteiger partial charge in [0.2, 0.25) is 0 Å². The van der Waals surface area contributed by atoms with Crippen molar-refractivity contribution in [3.63, 3.8) is 0 Å². The van der Waals surface area contributed by atoms with Crippen LogP contribution in [-0.2, 0) is 9.31 Å². The Balaban J connectivity index is 2.18. The van der Waals surface area contributed by atoms with Gasteiger partial charge in [-0.15, -0.1) is 0 Å². The maximum Gasteiger partial charge on any atom is 0.487 e. The number of ether oxygens (including phenoxy) is 1. The van der Waals surface area contributed by atoms with E-state index in [2.05, 4.69) is 15.9 Å². The van der Waals surface area contributed by atoms with Gasteiger partial charge >= 0.3 is 7.12 Å². The Morgan fingerprint density at radius 2 is 1.76 bits per heavy atom. The fourth-order valence-corrected chi connectivity index (χ4v) is 2.46. The lowest BCUT2D eigenvalue weighted by molar-refractivity contribution is 0.00578. The monoisotopic (exact) mass is 354 g/mol. The van der Waals surface area contributed by atoms with Gasteiger partial charge in [-0.2, -0.15) is 0 Å². The van der Waals surface area contributed by atoms with E-state index in [0.717, 1.165) is 5.56 Å². The van der Waals surface area contributed by atoms with Crippen molar-refractivity contribution in [1.82, 2.24) is 0 Å². The topological polar surface area (TPSA) is 47.9 Å². The maximum absolute atomic E-state index is 9.79. The summed E-state index contributed by atoms with van der Waals surface area (Å²) in [7, 11) is 1.12. The second-order valence-corrected chi connectivity index (χ2v) is 6.89. The van der Waals surface area contributed by atoms with Crippen LogP contribution in [0.5, 0.6) is 11.5 Å². The van der Waals surface area contributed by atoms with Crippen LogP contribution in [-0.4, -0.2) is 30.5 Å². The number of methoxy groups -OCH3 is 1. The van der Waals surface area contributed by atoms with Gasteiger partial charge in [-0.1, -0.05) is 12.1 Å². The molecule has 1 fully saturated rings. The van der Waals surface area contributed by atoms with Crippen LogP contribution in [0.2, 0.25) is 0 Å². The van der Waals surface area contributed by atoms with Crippen LogP contribution in [0.15, 0.2) is 22.6 Å². The van der Waals surface area contributed by atoms with Crippen LogP contribution in [0.4, 0.5) is 0 Å². The molecular weight excluding hydrogens is 335 g/mol. The first-order valence-electron chi connectivity index (χ1n) is 6.76. The Labute approximate surface area is 134 Å². The van der Waals surface area contributed by atoms with Gasteiger partial charge in [-0.25, -0.2) is 0 Å². The van der Waals surface area contributed by atoms with E-state index in [0.29, 0.717) is 10.2 Å². The molecule has 1 aromatic rings. The number of hydrogen-bond donors (Lipinski definition) is 1. The number of benzene rings is 1. The lowest BCUT2D eigenvalue weighted by Crippen LogP contribution is -2.41. The molecule has 1 saturated heterocycles. The van der Waals surface area contributed by atoms with Gasteiger partial charge in [-0.3, -0.25) is 0 Å². The zero-order valence-corrected chi connectivity index (χ0v) is 14.5. The second kappa shape index (κ2) is 5.67. The minimum Gasteiger partial charge on any atom is -0.503 e. The van der Waals surface area contributed by atoms with E-state index in [1.807, 2.05) is 39.7 Å². The van der Waals surface area contributed by atoms with E-state index in [1.165, 1.54) is 7.11 Å². The molecule has 0 spiro atoms. The highest BCUT2D eigenvalue weighted by molar-refractivity contribution is 9.10. The van der Waals surface area contributed by atoms with Gasteiger partial charge in [0.05, 0.1) is 22.8 Å². The summed E-state index contributed by atoms with van der Waals surface area (Å²) in [5.74, 6) is 2.36. The fourth-order valence-electron chi connectivity index (χ4n) is 2.00. The molecule has 1 aliphatic heterocycles. The van der Waals surface area contributed by atoms with Gasteiger partial charge in [0.25, 0.3) is 0 Å². The minimum atomic E-state index is -0.395. The second-order valence-electron chi connectivity index (χ2n) is 6.04. The molecule has 0 saturated carbocycles. The molecule has 0 aliphatic carbocycles. The highest BCUT2D eigenvalue weighted by Gasteiger charge is 2.49. The van der Waals surface area contributed by atoms with Crippen LogP contribution in [0, 0.1) is 0 Å². The fraction of sp³-hybridized carbons (Fsp3) is 0.467. The van der Waals surface area contributed by atoms with E-state index in [9.17, 15) is 5.11 Å². The van der Waals surface area contributed by atoms with Crippen LogP contribution < -0.4 is 4.74 Å².